The highest BCUT2D eigenvalue weighted by Crippen LogP contribution is 2.41. The van der Waals surface area contributed by atoms with Crippen LogP contribution in [0.3, 0.4) is 0 Å². The lowest BCUT2D eigenvalue weighted by Crippen LogP contribution is -2.46. The van der Waals surface area contributed by atoms with Crippen molar-refractivity contribution in [3.63, 3.8) is 0 Å². The van der Waals surface area contributed by atoms with E-state index < -0.39 is 34.1 Å². The number of carbonyl (C=O) groups excluding carboxylic acids is 3. The van der Waals surface area contributed by atoms with Gasteiger partial charge in [-0.15, -0.1) is 0 Å². The molecule has 12 heteroatoms. The number of nitro benzene ring substituents is 1. The number of benzene rings is 1. The maximum absolute atomic E-state index is 12.6. The zero-order valence-corrected chi connectivity index (χ0v) is 16.1. The van der Waals surface area contributed by atoms with Crippen molar-refractivity contribution < 1.29 is 33.9 Å². The van der Waals surface area contributed by atoms with Crippen LogP contribution in [0.15, 0.2) is 17.0 Å². The fourth-order valence-electron chi connectivity index (χ4n) is 2.91. The third kappa shape index (κ3) is 4.17. The van der Waals surface area contributed by atoms with Crippen molar-refractivity contribution in [3.05, 3.63) is 32.7 Å². The van der Waals surface area contributed by atoms with Gasteiger partial charge in [0.1, 0.15) is 6.54 Å². The van der Waals surface area contributed by atoms with Crippen molar-refractivity contribution in [2.75, 3.05) is 40.0 Å². The first kappa shape index (κ1) is 20.6. The highest BCUT2D eigenvalue weighted by atomic mass is 32.2. The fraction of sp³-hybridized carbons (Fsp3) is 0.353. The van der Waals surface area contributed by atoms with E-state index >= 15 is 0 Å². The minimum atomic E-state index is -0.753. The molecular formula is C17H17N3O8S. The van der Waals surface area contributed by atoms with Crippen molar-refractivity contribution in [2.45, 2.75) is 0 Å². The Morgan fingerprint density at radius 1 is 1.38 bits per heavy atom. The average molecular weight is 423 g/mol. The Morgan fingerprint density at radius 3 is 2.69 bits per heavy atom. The second kappa shape index (κ2) is 8.49. The molecule has 0 saturated carbocycles. The van der Waals surface area contributed by atoms with Crippen LogP contribution in [-0.2, 0) is 14.3 Å². The molecule has 1 aromatic carbocycles. The summed E-state index contributed by atoms with van der Waals surface area (Å²) in [6, 6.07) is 2.42. The van der Waals surface area contributed by atoms with E-state index in [1.807, 2.05) is 0 Å². The smallest absolute Gasteiger partial charge is 0.322 e. The molecule has 0 unspecified atom stereocenters. The van der Waals surface area contributed by atoms with Crippen molar-refractivity contribution in [1.82, 2.24) is 9.80 Å². The zero-order chi connectivity index (χ0) is 21.1. The molecule has 29 heavy (non-hydrogen) atoms. The van der Waals surface area contributed by atoms with Gasteiger partial charge in [-0.1, -0.05) is 0 Å². The topological polar surface area (TPSA) is 140 Å². The fourth-order valence-corrected chi connectivity index (χ4v) is 3.74. The van der Waals surface area contributed by atoms with E-state index in [1.54, 1.807) is 0 Å². The standard InChI is InChI=1S/C17H17N3O8S/c1-27-15-11(21)3-2-10(14(15)20(25)26)8-12-16(23)19(17(24)29-12)9-13(22)18-4-6-28-7-5-18/h2-3,8,21H,4-7,9H2,1H3/b12-8-. The van der Waals surface area contributed by atoms with Gasteiger partial charge in [0.25, 0.3) is 11.1 Å². The first-order valence-electron chi connectivity index (χ1n) is 8.48. The first-order chi connectivity index (χ1) is 13.8. The number of nitro groups is 1. The monoisotopic (exact) mass is 423 g/mol. The number of nitrogens with zero attached hydrogens (tertiary/aromatic N) is 3. The van der Waals surface area contributed by atoms with E-state index in [9.17, 15) is 29.6 Å². The van der Waals surface area contributed by atoms with E-state index in [-0.39, 0.29) is 22.1 Å². The molecular weight excluding hydrogens is 406 g/mol. The highest BCUT2D eigenvalue weighted by Gasteiger charge is 2.38. The number of amides is 3. The summed E-state index contributed by atoms with van der Waals surface area (Å²) in [6.07, 6.45) is 1.17. The lowest BCUT2D eigenvalue weighted by atomic mass is 10.1. The number of rotatable bonds is 5. The lowest BCUT2D eigenvalue weighted by Gasteiger charge is -2.28. The molecule has 0 bridgehead atoms. The van der Waals surface area contributed by atoms with Crippen molar-refractivity contribution in [1.29, 1.82) is 0 Å². The average Bonchev–Trinajstić information content (AvgIpc) is 2.96. The van der Waals surface area contributed by atoms with Crippen molar-refractivity contribution in [2.24, 2.45) is 0 Å². The molecule has 0 radical (unpaired) electrons. The van der Waals surface area contributed by atoms with Crippen molar-refractivity contribution in [3.8, 4) is 11.5 Å². The van der Waals surface area contributed by atoms with Crippen LogP contribution in [0, 0.1) is 10.1 Å². The Balaban J connectivity index is 1.85. The molecule has 3 rings (SSSR count). The maximum Gasteiger partial charge on any atom is 0.322 e. The summed E-state index contributed by atoms with van der Waals surface area (Å²) in [6.45, 7) is 1.12. The summed E-state index contributed by atoms with van der Waals surface area (Å²) in [4.78, 5) is 50.1. The molecule has 2 fully saturated rings. The van der Waals surface area contributed by atoms with Crippen LogP contribution in [0.25, 0.3) is 6.08 Å². The predicted octanol–water partition coefficient (Wildman–Crippen LogP) is 1.20. The molecule has 2 aliphatic rings. The highest BCUT2D eigenvalue weighted by molar-refractivity contribution is 8.18. The molecule has 0 aliphatic carbocycles. The summed E-state index contributed by atoms with van der Waals surface area (Å²) >= 11 is 0.581. The molecule has 1 N–H and O–H groups in total. The number of phenolic OH excluding ortho intramolecular Hbond substituents is 1. The molecule has 2 heterocycles. The SMILES string of the molecule is COc1c(O)ccc(/C=C2\SC(=O)N(CC(=O)N3CCOCC3)C2=O)c1[N+](=O)[O-]. The summed E-state index contributed by atoms with van der Waals surface area (Å²) in [7, 11) is 1.16. The van der Waals surface area contributed by atoms with Crippen LogP contribution in [0.2, 0.25) is 0 Å². The number of phenols is 1. The molecule has 1 aromatic rings. The van der Waals surface area contributed by atoms with Gasteiger partial charge in [0.15, 0.2) is 5.75 Å². The van der Waals surface area contributed by atoms with Gasteiger partial charge in [0.2, 0.25) is 11.7 Å². The third-order valence-electron chi connectivity index (χ3n) is 4.35. The Morgan fingerprint density at radius 2 is 2.07 bits per heavy atom. The van der Waals surface area contributed by atoms with Crippen LogP contribution < -0.4 is 4.74 Å². The second-order valence-corrected chi connectivity index (χ2v) is 7.07. The van der Waals surface area contributed by atoms with Gasteiger partial charge in [0.05, 0.1) is 35.7 Å². The number of thioether (sulfide) groups is 1. The van der Waals surface area contributed by atoms with Crippen molar-refractivity contribution >= 4 is 40.6 Å². The van der Waals surface area contributed by atoms with E-state index in [2.05, 4.69) is 0 Å². The van der Waals surface area contributed by atoms with Crippen LogP contribution in [-0.4, -0.2) is 76.8 Å². The summed E-state index contributed by atoms with van der Waals surface area (Å²) < 4.78 is 10.0. The van der Waals surface area contributed by atoms with Crippen LogP contribution >= 0.6 is 11.8 Å². The van der Waals surface area contributed by atoms with Gasteiger partial charge in [-0.2, -0.15) is 0 Å². The summed E-state index contributed by atoms with van der Waals surface area (Å²) in [5, 5.41) is 20.5. The molecule has 154 valence electrons. The molecule has 0 spiro atoms. The Bertz CT molecular complexity index is 910. The molecule has 2 saturated heterocycles. The predicted molar refractivity (Wildman–Crippen MR) is 101 cm³/mol. The molecule has 0 aromatic heterocycles. The van der Waals surface area contributed by atoms with E-state index in [4.69, 9.17) is 9.47 Å². The van der Waals surface area contributed by atoms with Gasteiger partial charge in [-0.25, -0.2) is 0 Å². The Hall–Kier alpha value is -3.12. The number of hydrogen-bond acceptors (Lipinski definition) is 9. The van der Waals surface area contributed by atoms with Crippen LogP contribution in [0.4, 0.5) is 10.5 Å². The number of imide groups is 1. The van der Waals surface area contributed by atoms with E-state index in [0.29, 0.717) is 38.1 Å². The van der Waals surface area contributed by atoms with Gasteiger partial charge in [-0.3, -0.25) is 29.4 Å². The van der Waals surface area contributed by atoms with E-state index in [0.717, 1.165) is 12.0 Å². The Kier molecular flexibility index (Phi) is 6.03. The van der Waals surface area contributed by atoms with Crippen LogP contribution in [0.1, 0.15) is 5.56 Å². The van der Waals surface area contributed by atoms with Crippen LogP contribution in [0.5, 0.6) is 11.5 Å². The molecule has 2 aliphatic heterocycles. The first-order valence-corrected chi connectivity index (χ1v) is 9.30. The lowest BCUT2D eigenvalue weighted by molar-refractivity contribution is -0.386. The Labute approximate surface area is 169 Å². The van der Waals surface area contributed by atoms with Gasteiger partial charge < -0.3 is 19.5 Å². The number of morpholine rings is 1. The number of ether oxygens (including phenoxy) is 2. The quantitative estimate of drug-likeness (QED) is 0.420. The largest absolute Gasteiger partial charge is 0.504 e. The second-order valence-electron chi connectivity index (χ2n) is 6.07. The zero-order valence-electron chi connectivity index (χ0n) is 15.3. The maximum atomic E-state index is 12.6. The summed E-state index contributed by atoms with van der Waals surface area (Å²) in [5.74, 6) is -1.89. The third-order valence-corrected chi connectivity index (χ3v) is 5.25. The normalized spacial score (nSPS) is 18.4. The molecule has 11 nitrogen and oxygen atoms in total. The number of methoxy groups -OCH3 is 1. The minimum Gasteiger partial charge on any atom is -0.504 e. The van der Waals surface area contributed by atoms with Gasteiger partial charge >= 0.3 is 5.69 Å². The van der Waals surface area contributed by atoms with Gasteiger partial charge in [0, 0.05) is 13.1 Å². The minimum absolute atomic E-state index is 0.0188. The van der Waals surface area contributed by atoms with Gasteiger partial charge in [-0.05, 0) is 30.0 Å². The molecule has 0 atom stereocenters. The number of hydrogen-bond donors (Lipinski definition) is 1. The number of aromatic hydroxyl groups is 1. The van der Waals surface area contributed by atoms with E-state index in [1.165, 1.54) is 23.1 Å². The molecule has 3 amide bonds. The number of carbonyl (C=O) groups is 3. The summed E-state index contributed by atoms with van der Waals surface area (Å²) in [5.41, 5.74) is -0.557.